The van der Waals surface area contributed by atoms with Crippen LogP contribution >= 0.6 is 11.6 Å². The average Bonchev–Trinajstić information content (AvgIpc) is 3.33. The predicted octanol–water partition coefficient (Wildman–Crippen LogP) is 8.56. The number of hydrogen-bond acceptors (Lipinski definition) is 5. The molecule has 1 aliphatic carbocycles. The van der Waals surface area contributed by atoms with Gasteiger partial charge in [0.2, 0.25) is 0 Å². The van der Waals surface area contributed by atoms with Gasteiger partial charge in [-0.1, -0.05) is 30.9 Å². The number of rotatable bonds is 10. The van der Waals surface area contributed by atoms with Gasteiger partial charge in [-0.3, -0.25) is 0 Å². The predicted molar refractivity (Wildman–Crippen MR) is 159 cm³/mol. The summed E-state index contributed by atoms with van der Waals surface area (Å²) in [5.41, 5.74) is 0.552. The highest BCUT2D eigenvalue weighted by Gasteiger charge is 2.32. The number of carbonyl (C=O) groups is 1. The minimum atomic E-state index is -1.14. The summed E-state index contributed by atoms with van der Waals surface area (Å²) < 4.78 is 48.2. The highest BCUT2D eigenvalue weighted by Crippen LogP contribution is 2.39. The molecule has 222 valence electrons. The Bertz CT molecular complexity index is 1530. The molecular formula is C33H35ClF2N2O4. The molecule has 1 unspecified atom stereocenters. The van der Waals surface area contributed by atoms with Crippen molar-refractivity contribution in [1.82, 2.24) is 9.55 Å². The number of fused-ring (bicyclic) bond motifs is 1. The number of carbonyl (C=O) groups excluding carboxylic acids is 1. The first-order valence-electron chi connectivity index (χ1n) is 14.4. The molecule has 0 spiro atoms. The van der Waals surface area contributed by atoms with E-state index in [9.17, 15) is 13.6 Å². The van der Waals surface area contributed by atoms with Crippen molar-refractivity contribution in [2.45, 2.75) is 64.5 Å². The molecule has 0 aliphatic heterocycles. The van der Waals surface area contributed by atoms with Crippen LogP contribution in [0.1, 0.15) is 58.9 Å². The second-order valence-electron chi connectivity index (χ2n) is 11.1. The van der Waals surface area contributed by atoms with Gasteiger partial charge in [-0.2, -0.15) is 0 Å². The highest BCUT2D eigenvalue weighted by molar-refractivity contribution is 6.30. The molecule has 6 nitrogen and oxygen atoms in total. The molecule has 1 fully saturated rings. The molecule has 1 atom stereocenters. The summed E-state index contributed by atoms with van der Waals surface area (Å²) in [5, 5.41) is 0.587. The van der Waals surface area contributed by atoms with E-state index in [1.165, 1.54) is 12.5 Å². The third-order valence-corrected chi connectivity index (χ3v) is 8.00. The van der Waals surface area contributed by atoms with Crippen molar-refractivity contribution in [3.8, 4) is 22.9 Å². The van der Waals surface area contributed by atoms with Gasteiger partial charge in [-0.15, -0.1) is 0 Å². The van der Waals surface area contributed by atoms with Crippen LogP contribution in [0.2, 0.25) is 5.02 Å². The molecule has 1 saturated carbocycles. The van der Waals surface area contributed by atoms with E-state index >= 15 is 0 Å². The fraction of sp³-hybridized carbons (Fsp3) is 0.394. The van der Waals surface area contributed by atoms with E-state index < -0.39 is 23.2 Å². The molecular weight excluding hydrogens is 562 g/mol. The second kappa shape index (κ2) is 12.7. The lowest BCUT2D eigenvalue weighted by atomic mass is 9.83. The highest BCUT2D eigenvalue weighted by atomic mass is 35.5. The quantitative estimate of drug-likeness (QED) is 0.172. The molecule has 5 rings (SSSR count). The number of nitrogens with zero attached hydrogens (tertiary/aromatic N) is 2. The molecule has 1 aromatic heterocycles. The Kier molecular flexibility index (Phi) is 9.02. The van der Waals surface area contributed by atoms with Crippen LogP contribution in [-0.2, 0) is 9.53 Å². The summed E-state index contributed by atoms with van der Waals surface area (Å²) in [6.45, 7) is 5.64. The maximum absolute atomic E-state index is 14.6. The first-order chi connectivity index (χ1) is 20.2. The summed E-state index contributed by atoms with van der Waals surface area (Å²) in [6, 6.07) is 16.5. The molecule has 4 aromatic rings. The number of aromatic nitrogens is 2. The van der Waals surface area contributed by atoms with Gasteiger partial charge in [0.05, 0.1) is 23.7 Å². The van der Waals surface area contributed by atoms with Crippen LogP contribution in [-0.4, -0.2) is 34.3 Å². The van der Waals surface area contributed by atoms with E-state index in [4.69, 9.17) is 30.8 Å². The van der Waals surface area contributed by atoms with Crippen LogP contribution in [0.3, 0.4) is 0 Å². The van der Waals surface area contributed by atoms with Gasteiger partial charge < -0.3 is 18.8 Å². The van der Waals surface area contributed by atoms with Gasteiger partial charge in [-0.25, -0.2) is 18.6 Å². The normalized spacial score (nSPS) is 15.0. The Labute approximate surface area is 249 Å². The van der Waals surface area contributed by atoms with Gasteiger partial charge in [0.15, 0.2) is 17.2 Å². The first kappa shape index (κ1) is 29.8. The van der Waals surface area contributed by atoms with E-state index in [0.717, 1.165) is 37.3 Å². The molecule has 1 heterocycles. The van der Waals surface area contributed by atoms with Crippen LogP contribution in [0.25, 0.3) is 22.4 Å². The monoisotopic (exact) mass is 596 g/mol. The molecule has 0 saturated heterocycles. The molecule has 42 heavy (non-hydrogen) atoms. The van der Waals surface area contributed by atoms with Gasteiger partial charge in [0.25, 0.3) is 0 Å². The Morgan fingerprint density at radius 2 is 1.64 bits per heavy atom. The summed E-state index contributed by atoms with van der Waals surface area (Å²) in [4.78, 5) is 17.0. The largest absolute Gasteiger partial charge is 0.491 e. The number of hydrogen-bond donors (Lipinski definition) is 0. The molecule has 1 aliphatic rings. The maximum atomic E-state index is 14.6. The Morgan fingerprint density at radius 3 is 2.31 bits per heavy atom. The van der Waals surface area contributed by atoms with Crippen LogP contribution in [0.5, 0.6) is 11.5 Å². The van der Waals surface area contributed by atoms with Crippen molar-refractivity contribution in [1.29, 1.82) is 0 Å². The van der Waals surface area contributed by atoms with Crippen molar-refractivity contribution in [2.75, 3.05) is 13.2 Å². The van der Waals surface area contributed by atoms with E-state index in [0.29, 0.717) is 40.0 Å². The standard InChI is InChI=1S/C33H35ClF2N2O4/c1-4-40-32(39)33(2,3)42-25-16-14-24(15-17-25)41-20-30(21-8-6-5-7-9-21)38-29-19-27(36)26(35)18-28(29)37-31(38)22-10-12-23(34)13-11-22/h10-19,21,30H,4-9,20H2,1-3H3. The SMILES string of the molecule is CCOC(=O)C(C)(C)Oc1ccc(OCC(C2CCCCC2)n2c(-c3ccc(Cl)cc3)nc3cc(F)c(F)cc32)cc1. The molecule has 0 N–H and O–H groups in total. The van der Waals surface area contributed by atoms with Crippen LogP contribution in [0, 0.1) is 17.6 Å². The van der Waals surface area contributed by atoms with Gasteiger partial charge >= 0.3 is 5.97 Å². The topological polar surface area (TPSA) is 62.6 Å². The summed E-state index contributed by atoms with van der Waals surface area (Å²) >= 11 is 6.16. The lowest BCUT2D eigenvalue weighted by Gasteiger charge is -2.32. The number of benzene rings is 3. The van der Waals surface area contributed by atoms with Crippen molar-refractivity contribution in [2.24, 2.45) is 5.92 Å². The summed E-state index contributed by atoms with van der Waals surface area (Å²) in [5.74, 6) is -0.316. The number of ether oxygens (including phenoxy) is 3. The van der Waals surface area contributed by atoms with E-state index in [1.54, 1.807) is 57.2 Å². The zero-order valence-corrected chi connectivity index (χ0v) is 24.8. The molecule has 0 bridgehead atoms. The lowest BCUT2D eigenvalue weighted by molar-refractivity contribution is -0.158. The molecule has 3 aromatic carbocycles. The Morgan fingerprint density at radius 1 is 1.00 bits per heavy atom. The first-order valence-corrected chi connectivity index (χ1v) is 14.8. The van der Waals surface area contributed by atoms with Crippen LogP contribution < -0.4 is 9.47 Å². The maximum Gasteiger partial charge on any atom is 0.349 e. The van der Waals surface area contributed by atoms with Crippen LogP contribution in [0.15, 0.2) is 60.7 Å². The van der Waals surface area contributed by atoms with E-state index in [2.05, 4.69) is 0 Å². The Hall–Kier alpha value is -3.65. The smallest absolute Gasteiger partial charge is 0.349 e. The summed E-state index contributed by atoms with van der Waals surface area (Å²) in [7, 11) is 0. The van der Waals surface area contributed by atoms with Crippen molar-refractivity contribution in [3.63, 3.8) is 0 Å². The van der Waals surface area contributed by atoms with Gasteiger partial charge in [0.1, 0.15) is 23.9 Å². The van der Waals surface area contributed by atoms with Gasteiger partial charge in [-0.05, 0) is 88.1 Å². The number of esters is 1. The third kappa shape index (κ3) is 6.54. The van der Waals surface area contributed by atoms with Crippen LogP contribution in [0.4, 0.5) is 8.78 Å². The average molecular weight is 597 g/mol. The summed E-state index contributed by atoms with van der Waals surface area (Å²) in [6.07, 6.45) is 5.34. The minimum Gasteiger partial charge on any atom is -0.491 e. The third-order valence-electron chi connectivity index (χ3n) is 7.74. The van der Waals surface area contributed by atoms with Crippen molar-refractivity contribution < 1.29 is 27.8 Å². The molecule has 9 heteroatoms. The number of halogens is 3. The second-order valence-corrected chi connectivity index (χ2v) is 11.6. The lowest BCUT2D eigenvalue weighted by Crippen LogP contribution is -2.39. The minimum absolute atomic E-state index is 0.190. The fourth-order valence-electron chi connectivity index (χ4n) is 5.60. The Balaban J connectivity index is 1.47. The van der Waals surface area contributed by atoms with E-state index in [-0.39, 0.29) is 18.6 Å². The van der Waals surface area contributed by atoms with Crippen molar-refractivity contribution in [3.05, 3.63) is 77.3 Å². The molecule has 0 radical (unpaired) electrons. The van der Waals surface area contributed by atoms with Crippen molar-refractivity contribution >= 4 is 28.6 Å². The number of imidazole rings is 1. The van der Waals surface area contributed by atoms with Gasteiger partial charge in [0, 0.05) is 22.7 Å². The molecule has 0 amide bonds. The zero-order valence-electron chi connectivity index (χ0n) is 24.0. The zero-order chi connectivity index (χ0) is 29.9. The fourth-order valence-corrected chi connectivity index (χ4v) is 5.72. The van der Waals surface area contributed by atoms with E-state index in [1.807, 2.05) is 16.7 Å².